The van der Waals surface area contributed by atoms with Crippen LogP contribution in [-0.4, -0.2) is 19.5 Å². The van der Waals surface area contributed by atoms with Gasteiger partial charge in [-0.15, -0.1) is 0 Å². The zero-order chi connectivity index (χ0) is 10.6. The molecule has 0 aliphatic rings. The molecule has 0 atom stereocenters. The molecule has 1 aromatic carbocycles. The van der Waals surface area contributed by atoms with Crippen LogP contribution in [0.1, 0.15) is 10.4 Å². The third-order valence-corrected chi connectivity index (χ3v) is 1.93. The van der Waals surface area contributed by atoms with Crippen molar-refractivity contribution in [3.05, 3.63) is 28.8 Å². The first-order valence-corrected chi connectivity index (χ1v) is 4.15. The Balaban J connectivity index is 3.21. The summed E-state index contributed by atoms with van der Waals surface area (Å²) in [5.74, 6) is -0.583. The lowest BCUT2D eigenvalue weighted by molar-refractivity contribution is -0.105. The molecule has 1 rings (SSSR count). The first-order valence-electron chi connectivity index (χ1n) is 3.77. The molecule has 0 aliphatic carbocycles. The largest absolute Gasteiger partial charge is 0.465 e. The normalized spacial score (nSPS) is 9.29. The number of amides is 1. The third-order valence-electron chi connectivity index (χ3n) is 1.62. The van der Waals surface area contributed by atoms with E-state index in [-0.39, 0.29) is 10.6 Å². The smallest absolute Gasteiger partial charge is 0.341 e. The van der Waals surface area contributed by atoms with E-state index in [1.165, 1.54) is 7.11 Å². The van der Waals surface area contributed by atoms with Gasteiger partial charge in [-0.2, -0.15) is 0 Å². The van der Waals surface area contributed by atoms with Crippen LogP contribution in [0.5, 0.6) is 0 Å². The highest BCUT2D eigenvalue weighted by Gasteiger charge is 2.15. The second-order valence-electron chi connectivity index (χ2n) is 2.42. The number of rotatable bonds is 3. The second kappa shape index (κ2) is 4.62. The summed E-state index contributed by atoms with van der Waals surface area (Å²) in [6, 6.07) is 4.73. The molecule has 0 saturated carbocycles. The SMILES string of the molecule is COC(=O)c1c(Cl)cccc1NC=O. The summed E-state index contributed by atoms with van der Waals surface area (Å²) in [6.45, 7) is 0. The molecule has 1 amide bonds. The van der Waals surface area contributed by atoms with Crippen LogP contribution in [0, 0.1) is 0 Å². The summed E-state index contributed by atoms with van der Waals surface area (Å²) in [5, 5.41) is 2.61. The maximum Gasteiger partial charge on any atom is 0.341 e. The molecule has 0 heterocycles. The number of halogens is 1. The van der Waals surface area contributed by atoms with Gasteiger partial charge in [0, 0.05) is 0 Å². The first kappa shape index (κ1) is 10.5. The van der Waals surface area contributed by atoms with Gasteiger partial charge < -0.3 is 10.1 Å². The van der Waals surface area contributed by atoms with E-state index in [1.807, 2.05) is 0 Å². The molecule has 0 spiro atoms. The molecular weight excluding hydrogens is 206 g/mol. The van der Waals surface area contributed by atoms with Crippen LogP contribution in [0.25, 0.3) is 0 Å². The summed E-state index contributed by atoms with van der Waals surface area (Å²) in [5.41, 5.74) is 0.489. The summed E-state index contributed by atoms with van der Waals surface area (Å²) in [6.07, 6.45) is 0.470. The highest BCUT2D eigenvalue weighted by atomic mass is 35.5. The molecule has 74 valence electrons. The Morgan fingerprint density at radius 2 is 2.29 bits per heavy atom. The van der Waals surface area contributed by atoms with E-state index in [9.17, 15) is 9.59 Å². The zero-order valence-electron chi connectivity index (χ0n) is 7.41. The van der Waals surface area contributed by atoms with Crippen molar-refractivity contribution >= 4 is 29.7 Å². The highest BCUT2D eigenvalue weighted by Crippen LogP contribution is 2.24. The highest BCUT2D eigenvalue weighted by molar-refractivity contribution is 6.34. The van der Waals surface area contributed by atoms with Gasteiger partial charge in [-0.1, -0.05) is 17.7 Å². The molecule has 4 nitrogen and oxygen atoms in total. The maximum atomic E-state index is 11.3. The van der Waals surface area contributed by atoms with Crippen LogP contribution in [0.2, 0.25) is 5.02 Å². The number of hydrogen-bond acceptors (Lipinski definition) is 3. The number of anilines is 1. The van der Waals surface area contributed by atoms with Crippen molar-refractivity contribution in [2.75, 3.05) is 12.4 Å². The van der Waals surface area contributed by atoms with E-state index in [0.29, 0.717) is 12.1 Å². The molecular formula is C9H8ClNO3. The number of esters is 1. The Kier molecular flexibility index (Phi) is 3.48. The summed E-state index contributed by atoms with van der Waals surface area (Å²) >= 11 is 5.78. The fourth-order valence-electron chi connectivity index (χ4n) is 1.02. The zero-order valence-corrected chi connectivity index (χ0v) is 8.17. The molecule has 0 radical (unpaired) electrons. The fourth-order valence-corrected chi connectivity index (χ4v) is 1.27. The molecule has 0 fully saturated rings. The van der Waals surface area contributed by atoms with Gasteiger partial charge in [0.1, 0.15) is 5.56 Å². The van der Waals surface area contributed by atoms with Gasteiger partial charge in [-0.05, 0) is 12.1 Å². The van der Waals surface area contributed by atoms with Gasteiger partial charge in [-0.25, -0.2) is 4.79 Å². The number of ether oxygens (including phenoxy) is 1. The summed E-state index contributed by atoms with van der Waals surface area (Å²) < 4.78 is 4.52. The Hall–Kier alpha value is -1.55. The average molecular weight is 214 g/mol. The maximum absolute atomic E-state index is 11.3. The van der Waals surface area contributed by atoms with Crippen molar-refractivity contribution in [2.45, 2.75) is 0 Å². The monoisotopic (exact) mass is 213 g/mol. The average Bonchev–Trinajstić information content (AvgIpc) is 2.18. The minimum Gasteiger partial charge on any atom is -0.465 e. The van der Waals surface area contributed by atoms with Crippen LogP contribution >= 0.6 is 11.6 Å². The van der Waals surface area contributed by atoms with Crippen LogP contribution < -0.4 is 5.32 Å². The van der Waals surface area contributed by atoms with Crippen molar-refractivity contribution in [1.82, 2.24) is 0 Å². The lowest BCUT2D eigenvalue weighted by atomic mass is 10.2. The van der Waals surface area contributed by atoms with E-state index < -0.39 is 5.97 Å². The van der Waals surface area contributed by atoms with E-state index in [2.05, 4.69) is 10.1 Å². The van der Waals surface area contributed by atoms with Crippen molar-refractivity contribution in [3.8, 4) is 0 Å². The lowest BCUT2D eigenvalue weighted by Gasteiger charge is -2.07. The first-order chi connectivity index (χ1) is 6.70. The molecule has 5 heteroatoms. The Labute approximate surface area is 85.8 Å². The van der Waals surface area contributed by atoms with Crippen LogP contribution in [0.4, 0.5) is 5.69 Å². The number of hydrogen-bond donors (Lipinski definition) is 1. The van der Waals surface area contributed by atoms with E-state index >= 15 is 0 Å². The molecule has 0 saturated heterocycles. The minimum absolute atomic E-state index is 0.156. The van der Waals surface area contributed by atoms with Crippen molar-refractivity contribution < 1.29 is 14.3 Å². The van der Waals surface area contributed by atoms with Crippen molar-refractivity contribution in [2.24, 2.45) is 0 Å². The summed E-state index contributed by atoms with van der Waals surface area (Å²) in [4.78, 5) is 21.5. The molecule has 14 heavy (non-hydrogen) atoms. The minimum atomic E-state index is -0.583. The number of carbonyl (C=O) groups excluding carboxylic acids is 2. The van der Waals surface area contributed by atoms with Crippen LogP contribution in [0.3, 0.4) is 0 Å². The molecule has 0 bridgehead atoms. The molecule has 0 unspecified atom stereocenters. The van der Waals surface area contributed by atoms with Crippen LogP contribution in [0.15, 0.2) is 18.2 Å². The fraction of sp³-hybridized carbons (Fsp3) is 0.111. The lowest BCUT2D eigenvalue weighted by Crippen LogP contribution is -2.07. The van der Waals surface area contributed by atoms with Crippen molar-refractivity contribution in [1.29, 1.82) is 0 Å². The van der Waals surface area contributed by atoms with Gasteiger partial charge in [0.25, 0.3) is 0 Å². The van der Waals surface area contributed by atoms with Gasteiger partial charge >= 0.3 is 5.97 Å². The van der Waals surface area contributed by atoms with Gasteiger partial charge in [0.15, 0.2) is 0 Å². The predicted molar refractivity (Wildman–Crippen MR) is 52.5 cm³/mol. The van der Waals surface area contributed by atoms with Gasteiger partial charge in [0.05, 0.1) is 17.8 Å². The number of benzene rings is 1. The number of carbonyl (C=O) groups is 2. The number of nitrogens with one attached hydrogen (secondary N) is 1. The van der Waals surface area contributed by atoms with Crippen LogP contribution in [-0.2, 0) is 9.53 Å². The van der Waals surface area contributed by atoms with Crippen molar-refractivity contribution in [3.63, 3.8) is 0 Å². The quantitative estimate of drug-likeness (QED) is 0.614. The van der Waals surface area contributed by atoms with E-state index in [1.54, 1.807) is 18.2 Å². The predicted octanol–water partition coefficient (Wildman–Crippen LogP) is 1.69. The Bertz CT molecular complexity index is 365. The van der Waals surface area contributed by atoms with E-state index in [4.69, 9.17) is 11.6 Å². The van der Waals surface area contributed by atoms with Gasteiger partial charge in [-0.3, -0.25) is 4.79 Å². The standard InChI is InChI=1S/C9H8ClNO3/c1-14-9(13)8-6(10)3-2-4-7(8)11-5-12/h2-5H,1H3,(H,11,12). The topological polar surface area (TPSA) is 55.4 Å². The number of methoxy groups -OCH3 is 1. The molecule has 1 aromatic rings. The third kappa shape index (κ3) is 2.03. The molecule has 0 aliphatic heterocycles. The molecule has 0 aromatic heterocycles. The van der Waals surface area contributed by atoms with Gasteiger partial charge in [0.2, 0.25) is 6.41 Å². The summed E-state index contributed by atoms with van der Waals surface area (Å²) in [7, 11) is 1.25. The molecule has 1 N–H and O–H groups in total. The van der Waals surface area contributed by atoms with E-state index in [0.717, 1.165) is 0 Å². The Morgan fingerprint density at radius 1 is 1.57 bits per heavy atom. The second-order valence-corrected chi connectivity index (χ2v) is 2.82. The Morgan fingerprint density at radius 3 is 2.86 bits per heavy atom.